The molecule has 0 spiro atoms. The molecule has 0 atom stereocenters. The van der Waals surface area contributed by atoms with Gasteiger partial charge in [0.15, 0.2) is 0 Å². The molecule has 25 heavy (non-hydrogen) atoms. The monoisotopic (exact) mass is 346 g/mol. The summed E-state index contributed by atoms with van der Waals surface area (Å²) in [6.07, 6.45) is 1.54. The van der Waals surface area contributed by atoms with E-state index in [1.807, 2.05) is 56.0 Å². The van der Waals surface area contributed by atoms with Crippen molar-refractivity contribution in [1.29, 1.82) is 0 Å². The van der Waals surface area contributed by atoms with Gasteiger partial charge in [-0.25, -0.2) is 0 Å². The van der Waals surface area contributed by atoms with Crippen molar-refractivity contribution < 1.29 is 14.3 Å². The number of ether oxygens (including phenoxy) is 1. The van der Waals surface area contributed by atoms with E-state index in [4.69, 9.17) is 4.74 Å². The Bertz CT molecular complexity index is 551. The molecule has 0 saturated carbocycles. The molecule has 5 nitrogen and oxygen atoms in total. The van der Waals surface area contributed by atoms with E-state index < -0.39 is 0 Å². The van der Waals surface area contributed by atoms with Crippen LogP contribution in [0.4, 0.5) is 0 Å². The van der Waals surface area contributed by atoms with Crippen molar-refractivity contribution in [3.05, 3.63) is 35.9 Å². The molecule has 1 amide bonds. The van der Waals surface area contributed by atoms with Crippen LogP contribution in [-0.4, -0.2) is 54.0 Å². The summed E-state index contributed by atoms with van der Waals surface area (Å²) in [7, 11) is 0. The van der Waals surface area contributed by atoms with Crippen LogP contribution in [0.25, 0.3) is 0 Å². The lowest BCUT2D eigenvalue weighted by Crippen LogP contribution is -2.46. The third kappa shape index (κ3) is 5.85. The summed E-state index contributed by atoms with van der Waals surface area (Å²) in [5.74, 6) is 0.0339. The van der Waals surface area contributed by atoms with Gasteiger partial charge in [-0.2, -0.15) is 0 Å². The van der Waals surface area contributed by atoms with Crippen LogP contribution in [0.3, 0.4) is 0 Å². The lowest BCUT2D eigenvalue weighted by Gasteiger charge is -2.33. The zero-order valence-corrected chi connectivity index (χ0v) is 15.6. The molecule has 1 aromatic carbocycles. The summed E-state index contributed by atoms with van der Waals surface area (Å²) in [6, 6.07) is 10.2. The first-order chi connectivity index (χ1) is 12.0. The summed E-state index contributed by atoms with van der Waals surface area (Å²) < 4.78 is 5.10. The number of hydrogen-bond acceptors (Lipinski definition) is 4. The van der Waals surface area contributed by atoms with Crippen LogP contribution in [0.1, 0.15) is 39.2 Å². The first kappa shape index (κ1) is 19.4. The molecule has 1 aromatic rings. The van der Waals surface area contributed by atoms with Gasteiger partial charge in [0.25, 0.3) is 0 Å². The van der Waals surface area contributed by atoms with Crippen LogP contribution in [0.5, 0.6) is 0 Å². The molecule has 2 rings (SSSR count). The first-order valence-electron chi connectivity index (χ1n) is 9.23. The maximum Gasteiger partial charge on any atom is 0.309 e. The molecular weight excluding hydrogens is 316 g/mol. The minimum Gasteiger partial charge on any atom is -0.466 e. The third-order valence-electron chi connectivity index (χ3n) is 4.71. The van der Waals surface area contributed by atoms with Crippen LogP contribution < -0.4 is 0 Å². The highest BCUT2D eigenvalue weighted by Crippen LogP contribution is 2.19. The topological polar surface area (TPSA) is 49.9 Å². The number of benzene rings is 1. The van der Waals surface area contributed by atoms with Crippen molar-refractivity contribution in [3.8, 4) is 0 Å². The summed E-state index contributed by atoms with van der Waals surface area (Å²) in [5.41, 5.74) is 1.14. The standard InChI is InChI=1S/C20H30N2O3/c1-4-25-20(24)18-10-12-21(13-11-18)15-19(23)22(16(2)3)14-17-8-6-5-7-9-17/h5-9,16,18H,4,10-15H2,1-3H3. The minimum absolute atomic E-state index is 0.0168. The van der Waals surface area contributed by atoms with Crippen molar-refractivity contribution in [3.63, 3.8) is 0 Å². The first-order valence-corrected chi connectivity index (χ1v) is 9.23. The van der Waals surface area contributed by atoms with Crippen molar-refractivity contribution >= 4 is 11.9 Å². The van der Waals surface area contributed by atoms with Gasteiger partial charge < -0.3 is 9.64 Å². The quantitative estimate of drug-likeness (QED) is 0.712. The lowest BCUT2D eigenvalue weighted by molar-refractivity contribution is -0.149. The van der Waals surface area contributed by atoms with Gasteiger partial charge in [0, 0.05) is 12.6 Å². The molecule has 1 aliphatic rings. The van der Waals surface area contributed by atoms with E-state index in [0.717, 1.165) is 31.5 Å². The average molecular weight is 346 g/mol. The number of rotatable bonds is 7. The van der Waals surface area contributed by atoms with Crippen LogP contribution >= 0.6 is 0 Å². The van der Waals surface area contributed by atoms with E-state index >= 15 is 0 Å². The SMILES string of the molecule is CCOC(=O)C1CCN(CC(=O)N(Cc2ccccc2)C(C)C)CC1. The Hall–Kier alpha value is -1.88. The summed E-state index contributed by atoms with van der Waals surface area (Å²) in [5, 5.41) is 0. The predicted octanol–water partition coefficient (Wildman–Crippen LogP) is 2.70. The van der Waals surface area contributed by atoms with Crippen molar-refractivity contribution in [2.24, 2.45) is 5.92 Å². The van der Waals surface area contributed by atoms with Crippen molar-refractivity contribution in [2.45, 2.75) is 46.2 Å². The highest BCUT2D eigenvalue weighted by Gasteiger charge is 2.28. The Morgan fingerprint density at radius 1 is 1.20 bits per heavy atom. The molecule has 0 N–H and O–H groups in total. The smallest absolute Gasteiger partial charge is 0.309 e. The van der Waals surface area contributed by atoms with Crippen LogP contribution in [-0.2, 0) is 20.9 Å². The van der Waals surface area contributed by atoms with Gasteiger partial charge in [-0.15, -0.1) is 0 Å². The second kappa shape index (κ2) is 9.56. The second-order valence-electron chi connectivity index (χ2n) is 6.90. The van der Waals surface area contributed by atoms with E-state index in [9.17, 15) is 9.59 Å². The number of esters is 1. The normalized spacial score (nSPS) is 16.0. The summed E-state index contributed by atoms with van der Waals surface area (Å²) in [4.78, 5) is 28.7. The molecule has 1 fully saturated rings. The molecule has 0 radical (unpaired) electrons. The van der Waals surface area contributed by atoms with Crippen molar-refractivity contribution in [1.82, 2.24) is 9.80 Å². The van der Waals surface area contributed by atoms with Crippen LogP contribution in [0, 0.1) is 5.92 Å². The number of nitrogens with zero attached hydrogens (tertiary/aromatic N) is 2. The van der Waals surface area contributed by atoms with Gasteiger partial charge in [-0.1, -0.05) is 30.3 Å². The molecular formula is C20H30N2O3. The Labute approximate surface area is 150 Å². The minimum atomic E-state index is -0.0960. The van der Waals surface area contributed by atoms with E-state index in [0.29, 0.717) is 19.7 Å². The molecule has 0 aliphatic carbocycles. The van der Waals surface area contributed by atoms with Gasteiger partial charge in [0.05, 0.1) is 19.1 Å². The van der Waals surface area contributed by atoms with Crippen molar-refractivity contribution in [2.75, 3.05) is 26.2 Å². The van der Waals surface area contributed by atoms with E-state index in [-0.39, 0.29) is 23.8 Å². The van der Waals surface area contributed by atoms with E-state index in [1.54, 1.807) is 0 Å². The van der Waals surface area contributed by atoms with Gasteiger partial charge >= 0.3 is 5.97 Å². The molecule has 1 saturated heterocycles. The number of likely N-dealkylation sites (tertiary alicyclic amines) is 1. The Kier molecular flexibility index (Phi) is 7.44. The third-order valence-corrected chi connectivity index (χ3v) is 4.71. The molecule has 0 bridgehead atoms. The fourth-order valence-corrected chi connectivity index (χ4v) is 3.21. The lowest BCUT2D eigenvalue weighted by atomic mass is 9.97. The molecule has 5 heteroatoms. The highest BCUT2D eigenvalue weighted by molar-refractivity contribution is 5.78. The van der Waals surface area contributed by atoms with Gasteiger partial charge in [0.1, 0.15) is 0 Å². The maximum atomic E-state index is 12.8. The average Bonchev–Trinajstić information content (AvgIpc) is 2.61. The number of amides is 1. The Morgan fingerprint density at radius 3 is 2.40 bits per heavy atom. The maximum absolute atomic E-state index is 12.8. The van der Waals surface area contributed by atoms with Gasteiger partial charge in [0.2, 0.25) is 5.91 Å². The second-order valence-corrected chi connectivity index (χ2v) is 6.90. The van der Waals surface area contributed by atoms with Gasteiger partial charge in [-0.05, 0) is 52.3 Å². The molecule has 0 aromatic heterocycles. The predicted molar refractivity (Wildman–Crippen MR) is 97.9 cm³/mol. The molecule has 138 valence electrons. The Morgan fingerprint density at radius 2 is 1.84 bits per heavy atom. The number of carbonyl (C=O) groups excluding carboxylic acids is 2. The van der Waals surface area contributed by atoms with Crippen LogP contribution in [0.2, 0.25) is 0 Å². The fourth-order valence-electron chi connectivity index (χ4n) is 3.21. The summed E-state index contributed by atoms with van der Waals surface area (Å²) in [6.45, 7) is 8.96. The number of piperidine rings is 1. The van der Waals surface area contributed by atoms with E-state index in [1.165, 1.54) is 0 Å². The number of carbonyl (C=O) groups is 2. The zero-order chi connectivity index (χ0) is 18.2. The highest BCUT2D eigenvalue weighted by atomic mass is 16.5. The van der Waals surface area contributed by atoms with E-state index in [2.05, 4.69) is 4.90 Å². The molecule has 1 aliphatic heterocycles. The fraction of sp³-hybridized carbons (Fsp3) is 0.600. The molecule has 1 heterocycles. The Balaban J connectivity index is 1.86. The zero-order valence-electron chi connectivity index (χ0n) is 15.6. The number of hydrogen-bond donors (Lipinski definition) is 0. The largest absolute Gasteiger partial charge is 0.466 e. The summed E-state index contributed by atoms with van der Waals surface area (Å²) >= 11 is 0. The van der Waals surface area contributed by atoms with Gasteiger partial charge in [-0.3, -0.25) is 14.5 Å². The molecule has 0 unspecified atom stereocenters. The van der Waals surface area contributed by atoms with Crippen LogP contribution in [0.15, 0.2) is 30.3 Å².